The summed E-state index contributed by atoms with van der Waals surface area (Å²) in [4.78, 5) is 0. The summed E-state index contributed by atoms with van der Waals surface area (Å²) in [6.45, 7) is 1.38. The summed E-state index contributed by atoms with van der Waals surface area (Å²) in [6, 6.07) is 5.87. The van der Waals surface area contributed by atoms with Crippen molar-refractivity contribution in [1.29, 1.82) is 5.26 Å². The van der Waals surface area contributed by atoms with Crippen LogP contribution < -0.4 is 0 Å². The van der Waals surface area contributed by atoms with E-state index in [0.29, 0.717) is 0 Å². The maximum atomic E-state index is 12.7. The van der Waals surface area contributed by atoms with E-state index in [9.17, 15) is 21.6 Å². The molecule has 0 saturated heterocycles. The van der Waals surface area contributed by atoms with Crippen LogP contribution in [0.1, 0.15) is 24.5 Å². The van der Waals surface area contributed by atoms with Crippen LogP contribution in [0.25, 0.3) is 0 Å². The summed E-state index contributed by atoms with van der Waals surface area (Å²) in [7, 11) is -1.26. The minimum atomic E-state index is -4.48. The van der Waals surface area contributed by atoms with Crippen molar-refractivity contribution in [2.24, 2.45) is 0 Å². The molecule has 0 aliphatic carbocycles. The minimum Gasteiger partial charge on any atom is -0.198 e. The SMILES string of the molecule is CC(CC#N)N(C)S(=O)(=O)N(C)Cc1cccc(C(F)(F)F)c1. The van der Waals surface area contributed by atoms with Gasteiger partial charge in [-0.25, -0.2) is 0 Å². The van der Waals surface area contributed by atoms with E-state index in [1.807, 2.05) is 6.07 Å². The van der Waals surface area contributed by atoms with E-state index in [4.69, 9.17) is 5.26 Å². The molecule has 0 N–H and O–H groups in total. The Kier molecular flexibility index (Phi) is 6.16. The number of rotatable bonds is 6. The van der Waals surface area contributed by atoms with Crippen molar-refractivity contribution in [2.75, 3.05) is 14.1 Å². The van der Waals surface area contributed by atoms with Gasteiger partial charge in [-0.15, -0.1) is 0 Å². The number of halogens is 3. The van der Waals surface area contributed by atoms with Gasteiger partial charge in [0.25, 0.3) is 10.2 Å². The molecule has 0 saturated carbocycles. The summed E-state index contributed by atoms with van der Waals surface area (Å²) < 4.78 is 64.8. The summed E-state index contributed by atoms with van der Waals surface area (Å²) in [5.41, 5.74) is -0.598. The molecule has 0 aliphatic heterocycles. The van der Waals surface area contributed by atoms with Gasteiger partial charge in [0.1, 0.15) is 0 Å². The Morgan fingerprint density at radius 1 is 1.30 bits per heavy atom. The van der Waals surface area contributed by atoms with E-state index in [1.165, 1.54) is 26.2 Å². The molecule has 0 bridgehead atoms. The average molecular weight is 349 g/mol. The lowest BCUT2D eigenvalue weighted by Gasteiger charge is -2.28. The lowest BCUT2D eigenvalue weighted by Crippen LogP contribution is -2.43. The standard InChI is InChI=1S/C14H18F3N3O2S/c1-11(7-8-18)20(3)23(21,22)19(2)10-12-5-4-6-13(9-12)14(15,16)17/h4-6,9,11H,7,10H2,1-3H3. The van der Waals surface area contributed by atoms with Crippen molar-refractivity contribution in [3.63, 3.8) is 0 Å². The maximum absolute atomic E-state index is 12.7. The number of nitriles is 1. The van der Waals surface area contributed by atoms with Gasteiger partial charge in [0, 0.05) is 26.7 Å². The topological polar surface area (TPSA) is 64.4 Å². The predicted molar refractivity (Wildman–Crippen MR) is 79.3 cm³/mol. The van der Waals surface area contributed by atoms with Gasteiger partial charge >= 0.3 is 6.18 Å². The molecular formula is C14H18F3N3O2S. The highest BCUT2D eigenvalue weighted by atomic mass is 32.2. The average Bonchev–Trinajstić information content (AvgIpc) is 2.46. The Hall–Kier alpha value is -1.63. The van der Waals surface area contributed by atoms with Gasteiger partial charge < -0.3 is 0 Å². The summed E-state index contributed by atoms with van der Waals surface area (Å²) in [6.07, 6.45) is -4.46. The first-order valence-electron chi connectivity index (χ1n) is 6.72. The second-order valence-electron chi connectivity index (χ2n) is 5.19. The number of benzene rings is 1. The Morgan fingerprint density at radius 2 is 1.91 bits per heavy atom. The van der Waals surface area contributed by atoms with Crippen LogP contribution in [0.5, 0.6) is 0 Å². The summed E-state index contributed by atoms with van der Waals surface area (Å²) >= 11 is 0. The monoisotopic (exact) mass is 349 g/mol. The largest absolute Gasteiger partial charge is 0.416 e. The van der Waals surface area contributed by atoms with Crippen molar-refractivity contribution < 1.29 is 21.6 Å². The molecule has 0 aliphatic rings. The van der Waals surface area contributed by atoms with Gasteiger partial charge in [-0.05, 0) is 18.6 Å². The molecule has 0 spiro atoms. The number of alkyl halides is 3. The lowest BCUT2D eigenvalue weighted by atomic mass is 10.1. The summed E-state index contributed by atoms with van der Waals surface area (Å²) in [5, 5.41) is 8.64. The van der Waals surface area contributed by atoms with E-state index in [-0.39, 0.29) is 18.5 Å². The fraction of sp³-hybridized carbons (Fsp3) is 0.500. The Morgan fingerprint density at radius 3 is 2.43 bits per heavy atom. The molecule has 0 heterocycles. The van der Waals surface area contributed by atoms with Gasteiger partial charge in [-0.1, -0.05) is 18.2 Å². The predicted octanol–water partition coefficient (Wildman–Crippen LogP) is 2.62. The van der Waals surface area contributed by atoms with Crippen molar-refractivity contribution in [2.45, 2.75) is 32.1 Å². The minimum absolute atomic E-state index is 0.0210. The molecule has 5 nitrogen and oxygen atoms in total. The van der Waals surface area contributed by atoms with Crippen molar-refractivity contribution in [1.82, 2.24) is 8.61 Å². The second kappa shape index (κ2) is 7.29. The third-order valence-electron chi connectivity index (χ3n) is 3.42. The normalized spacial score (nSPS) is 14.0. The van der Waals surface area contributed by atoms with Gasteiger partial charge in [0.05, 0.1) is 18.1 Å². The van der Waals surface area contributed by atoms with Crippen LogP contribution in [-0.2, 0) is 22.9 Å². The van der Waals surface area contributed by atoms with E-state index < -0.39 is 28.0 Å². The third-order valence-corrected chi connectivity index (χ3v) is 5.43. The van der Waals surface area contributed by atoms with Crippen LogP contribution in [0.2, 0.25) is 0 Å². The Balaban J connectivity index is 2.95. The smallest absolute Gasteiger partial charge is 0.198 e. The molecule has 1 aromatic rings. The van der Waals surface area contributed by atoms with Crippen LogP contribution in [0.3, 0.4) is 0 Å². The molecule has 0 amide bonds. The second-order valence-corrected chi connectivity index (χ2v) is 7.28. The van der Waals surface area contributed by atoms with Gasteiger partial charge in [-0.2, -0.15) is 35.5 Å². The van der Waals surface area contributed by atoms with Crippen molar-refractivity contribution in [3.8, 4) is 6.07 Å². The Bertz CT molecular complexity index is 683. The third kappa shape index (κ3) is 4.92. The molecule has 128 valence electrons. The van der Waals surface area contributed by atoms with E-state index in [0.717, 1.165) is 20.7 Å². The van der Waals surface area contributed by atoms with Crippen LogP contribution in [0, 0.1) is 11.3 Å². The first kappa shape index (κ1) is 19.4. The van der Waals surface area contributed by atoms with E-state index in [2.05, 4.69) is 0 Å². The molecule has 9 heteroatoms. The molecular weight excluding hydrogens is 331 g/mol. The molecule has 1 atom stereocenters. The molecule has 1 rings (SSSR count). The first-order chi connectivity index (χ1) is 10.5. The molecule has 0 aromatic heterocycles. The lowest BCUT2D eigenvalue weighted by molar-refractivity contribution is -0.137. The molecule has 0 fully saturated rings. The quantitative estimate of drug-likeness (QED) is 0.793. The zero-order valence-corrected chi connectivity index (χ0v) is 13.8. The van der Waals surface area contributed by atoms with Crippen LogP contribution in [-0.4, -0.2) is 37.2 Å². The number of hydrogen-bond donors (Lipinski definition) is 0. The molecule has 1 aromatic carbocycles. The van der Waals surface area contributed by atoms with E-state index in [1.54, 1.807) is 6.92 Å². The van der Waals surface area contributed by atoms with Crippen LogP contribution in [0.4, 0.5) is 13.2 Å². The van der Waals surface area contributed by atoms with Crippen molar-refractivity contribution in [3.05, 3.63) is 35.4 Å². The zero-order chi connectivity index (χ0) is 17.8. The fourth-order valence-corrected chi connectivity index (χ4v) is 3.17. The number of nitrogens with zero attached hydrogens (tertiary/aromatic N) is 3. The molecule has 23 heavy (non-hydrogen) atoms. The van der Waals surface area contributed by atoms with Gasteiger partial charge in [-0.3, -0.25) is 0 Å². The van der Waals surface area contributed by atoms with Crippen LogP contribution in [0.15, 0.2) is 24.3 Å². The summed E-state index contributed by atoms with van der Waals surface area (Å²) in [5.74, 6) is 0. The van der Waals surface area contributed by atoms with Gasteiger partial charge in [0.15, 0.2) is 0 Å². The highest BCUT2D eigenvalue weighted by Crippen LogP contribution is 2.29. The maximum Gasteiger partial charge on any atom is 0.416 e. The van der Waals surface area contributed by atoms with Crippen molar-refractivity contribution >= 4 is 10.2 Å². The highest BCUT2D eigenvalue weighted by molar-refractivity contribution is 7.86. The first-order valence-corrected chi connectivity index (χ1v) is 8.12. The molecule has 1 unspecified atom stereocenters. The fourth-order valence-electron chi connectivity index (χ4n) is 1.89. The Labute approximate surface area is 134 Å². The van der Waals surface area contributed by atoms with Gasteiger partial charge in [0.2, 0.25) is 0 Å². The number of hydrogen-bond acceptors (Lipinski definition) is 3. The zero-order valence-electron chi connectivity index (χ0n) is 13.0. The molecule has 0 radical (unpaired) electrons. The van der Waals surface area contributed by atoms with Crippen LogP contribution >= 0.6 is 0 Å². The highest BCUT2D eigenvalue weighted by Gasteiger charge is 2.31. The van der Waals surface area contributed by atoms with E-state index >= 15 is 0 Å².